The van der Waals surface area contributed by atoms with E-state index in [0.29, 0.717) is 5.69 Å². The summed E-state index contributed by atoms with van der Waals surface area (Å²) in [5.41, 5.74) is 1.08. The number of hydrogen-bond acceptors (Lipinski definition) is 3. The second kappa shape index (κ2) is 9.21. The van der Waals surface area contributed by atoms with Gasteiger partial charge < -0.3 is 10.1 Å². The molecule has 4 nitrogen and oxygen atoms in total. The van der Waals surface area contributed by atoms with Crippen LogP contribution >= 0.6 is 0 Å². The Morgan fingerprint density at radius 1 is 1.14 bits per heavy atom. The molecule has 0 heterocycles. The van der Waals surface area contributed by atoms with Crippen LogP contribution < -0.4 is 5.32 Å². The lowest BCUT2D eigenvalue weighted by atomic mass is 10.1. The van der Waals surface area contributed by atoms with Crippen molar-refractivity contribution in [2.45, 2.75) is 32.5 Å². The molecule has 2 aromatic carbocycles. The van der Waals surface area contributed by atoms with Crippen molar-refractivity contribution in [3.05, 3.63) is 71.3 Å². The molecule has 0 aliphatic heterocycles. The lowest BCUT2D eigenvalue weighted by Gasteiger charge is -2.12. The Morgan fingerprint density at radius 3 is 2.43 bits per heavy atom. The van der Waals surface area contributed by atoms with Gasteiger partial charge in [0.05, 0.1) is 5.56 Å². The third-order valence-corrected chi connectivity index (χ3v) is 3.92. The second-order valence-electron chi connectivity index (χ2n) is 6.08. The summed E-state index contributed by atoms with van der Waals surface area (Å²) in [7, 11) is 0. The van der Waals surface area contributed by atoms with Gasteiger partial charge in [-0.3, -0.25) is 4.79 Å². The van der Waals surface area contributed by atoms with Crippen LogP contribution in [0.1, 0.15) is 30.5 Å². The molecule has 1 atom stereocenters. The van der Waals surface area contributed by atoms with Gasteiger partial charge >= 0.3 is 12.1 Å². The fourth-order valence-corrected chi connectivity index (χ4v) is 2.32. The van der Waals surface area contributed by atoms with Crippen molar-refractivity contribution in [3.63, 3.8) is 0 Å². The summed E-state index contributed by atoms with van der Waals surface area (Å²) in [6.45, 7) is 3.42. The molecule has 0 aromatic heterocycles. The summed E-state index contributed by atoms with van der Waals surface area (Å²) in [4.78, 5) is 23.9. The quantitative estimate of drug-likeness (QED) is 0.566. The van der Waals surface area contributed by atoms with Crippen LogP contribution in [-0.4, -0.2) is 18.0 Å². The number of amides is 1. The van der Waals surface area contributed by atoms with Crippen molar-refractivity contribution in [2.24, 2.45) is 0 Å². The molecule has 1 N–H and O–H groups in total. The average Bonchev–Trinajstić information content (AvgIpc) is 2.66. The highest BCUT2D eigenvalue weighted by molar-refractivity contribution is 5.96. The van der Waals surface area contributed by atoms with E-state index in [4.69, 9.17) is 4.74 Å². The van der Waals surface area contributed by atoms with E-state index >= 15 is 0 Å². The molecule has 2 rings (SSSR count). The summed E-state index contributed by atoms with van der Waals surface area (Å²) in [6, 6.07) is 11.8. The zero-order valence-corrected chi connectivity index (χ0v) is 15.4. The van der Waals surface area contributed by atoms with Crippen molar-refractivity contribution < 1.29 is 27.5 Å². The van der Waals surface area contributed by atoms with Crippen molar-refractivity contribution in [1.82, 2.24) is 0 Å². The van der Waals surface area contributed by atoms with Crippen LogP contribution in [0.25, 0.3) is 6.08 Å². The predicted molar refractivity (Wildman–Crippen MR) is 100 cm³/mol. The smallest absolute Gasteiger partial charge is 0.416 e. The zero-order valence-electron chi connectivity index (χ0n) is 15.4. The van der Waals surface area contributed by atoms with E-state index in [1.54, 1.807) is 12.1 Å². The molecule has 1 amide bonds. The lowest BCUT2D eigenvalue weighted by molar-refractivity contribution is -0.148. The Balaban J connectivity index is 1.92. The summed E-state index contributed by atoms with van der Waals surface area (Å²) in [5, 5.41) is 2.63. The monoisotopic (exact) mass is 391 g/mol. The number of anilines is 1. The van der Waals surface area contributed by atoms with Crippen LogP contribution in [0.15, 0.2) is 54.6 Å². The molecule has 148 valence electrons. The van der Waals surface area contributed by atoms with Gasteiger partial charge in [-0.25, -0.2) is 4.79 Å². The first-order valence-electron chi connectivity index (χ1n) is 8.65. The summed E-state index contributed by atoms with van der Waals surface area (Å²) >= 11 is 0. The first kappa shape index (κ1) is 21.2. The Bertz CT molecular complexity index is 858. The minimum atomic E-state index is -4.47. The van der Waals surface area contributed by atoms with E-state index in [9.17, 15) is 22.8 Å². The number of halogens is 3. The Hall–Kier alpha value is -3.09. The third-order valence-electron chi connectivity index (χ3n) is 3.92. The van der Waals surface area contributed by atoms with Crippen LogP contribution in [0.4, 0.5) is 18.9 Å². The van der Waals surface area contributed by atoms with Crippen LogP contribution in [0.3, 0.4) is 0 Å². The average molecular weight is 391 g/mol. The maximum absolute atomic E-state index is 12.7. The highest BCUT2D eigenvalue weighted by atomic mass is 19.4. The minimum absolute atomic E-state index is 0.194. The molecule has 0 aliphatic carbocycles. The Morgan fingerprint density at radius 2 is 1.82 bits per heavy atom. The molecule has 0 fully saturated rings. The van der Waals surface area contributed by atoms with Gasteiger partial charge in [0, 0.05) is 11.8 Å². The third kappa shape index (κ3) is 6.26. The number of nitrogens with one attached hydrogen (secondary N) is 1. The number of hydrogen-bond donors (Lipinski definition) is 1. The molecular formula is C21H20F3NO3. The highest BCUT2D eigenvalue weighted by Gasteiger charge is 2.30. The maximum Gasteiger partial charge on any atom is 0.416 e. The van der Waals surface area contributed by atoms with Gasteiger partial charge in [-0.2, -0.15) is 13.2 Å². The van der Waals surface area contributed by atoms with Crippen molar-refractivity contribution >= 4 is 23.6 Å². The molecule has 0 aliphatic rings. The molecule has 2 aromatic rings. The van der Waals surface area contributed by atoms with Gasteiger partial charge in [-0.15, -0.1) is 0 Å². The standard InChI is InChI=1S/C21H20F3NO3/c1-3-15-7-10-18(11-8-15)25-20(27)14(2)28-19(26)12-9-16-5-4-6-17(13-16)21(22,23)24/h4-14H,3H2,1-2H3,(H,25,27)/b12-9+. The molecule has 0 bridgehead atoms. The van der Waals surface area contributed by atoms with Gasteiger partial charge in [-0.05, 0) is 54.8 Å². The fourth-order valence-electron chi connectivity index (χ4n) is 2.32. The predicted octanol–water partition coefficient (Wildman–Crippen LogP) is 4.85. The molecule has 1 unspecified atom stereocenters. The van der Waals surface area contributed by atoms with Crippen molar-refractivity contribution in [2.75, 3.05) is 5.32 Å². The highest BCUT2D eigenvalue weighted by Crippen LogP contribution is 2.29. The van der Waals surface area contributed by atoms with E-state index in [-0.39, 0.29) is 5.56 Å². The van der Waals surface area contributed by atoms with Crippen molar-refractivity contribution in [1.29, 1.82) is 0 Å². The number of esters is 1. The lowest BCUT2D eigenvalue weighted by Crippen LogP contribution is -2.29. The number of ether oxygens (including phenoxy) is 1. The van der Waals surface area contributed by atoms with Crippen LogP contribution in [0.2, 0.25) is 0 Å². The number of carbonyl (C=O) groups is 2. The number of carbonyl (C=O) groups excluding carboxylic acids is 2. The van der Waals surface area contributed by atoms with Gasteiger partial charge in [0.2, 0.25) is 0 Å². The molecule has 0 radical (unpaired) electrons. The summed E-state index contributed by atoms with van der Waals surface area (Å²) in [5.74, 6) is -1.34. The van der Waals surface area contributed by atoms with Crippen LogP contribution in [0, 0.1) is 0 Å². The zero-order chi connectivity index (χ0) is 20.7. The molecule has 0 saturated carbocycles. The second-order valence-corrected chi connectivity index (χ2v) is 6.08. The molecule has 0 saturated heterocycles. The Kier molecular flexibility index (Phi) is 6.98. The van der Waals surface area contributed by atoms with Gasteiger partial charge in [-0.1, -0.05) is 31.2 Å². The normalized spacial score (nSPS) is 12.6. The number of benzene rings is 2. The minimum Gasteiger partial charge on any atom is -0.449 e. The first-order valence-corrected chi connectivity index (χ1v) is 8.65. The van der Waals surface area contributed by atoms with E-state index in [1.165, 1.54) is 25.1 Å². The van der Waals surface area contributed by atoms with E-state index in [2.05, 4.69) is 5.32 Å². The summed E-state index contributed by atoms with van der Waals surface area (Å²) in [6.07, 6.45) is -2.47. The van der Waals surface area contributed by atoms with E-state index in [1.807, 2.05) is 19.1 Å². The largest absolute Gasteiger partial charge is 0.449 e. The maximum atomic E-state index is 12.7. The SMILES string of the molecule is CCc1ccc(NC(=O)C(C)OC(=O)/C=C/c2cccc(C(F)(F)F)c2)cc1. The summed E-state index contributed by atoms with van der Waals surface area (Å²) < 4.78 is 43.1. The van der Waals surface area contributed by atoms with Crippen LogP contribution in [-0.2, 0) is 26.9 Å². The van der Waals surface area contributed by atoms with Gasteiger partial charge in [0.1, 0.15) is 0 Å². The number of alkyl halides is 3. The Labute approximate surface area is 161 Å². The van der Waals surface area contributed by atoms with Gasteiger partial charge in [0.25, 0.3) is 5.91 Å². The molecular weight excluding hydrogens is 371 g/mol. The van der Waals surface area contributed by atoms with Crippen molar-refractivity contribution in [3.8, 4) is 0 Å². The van der Waals surface area contributed by atoms with E-state index < -0.39 is 29.7 Å². The van der Waals surface area contributed by atoms with E-state index in [0.717, 1.165) is 30.2 Å². The van der Waals surface area contributed by atoms with Crippen LogP contribution in [0.5, 0.6) is 0 Å². The first-order chi connectivity index (χ1) is 13.2. The molecule has 7 heteroatoms. The number of aryl methyl sites for hydroxylation is 1. The fraction of sp³-hybridized carbons (Fsp3) is 0.238. The van der Waals surface area contributed by atoms with Gasteiger partial charge in [0.15, 0.2) is 6.10 Å². The molecule has 0 spiro atoms. The topological polar surface area (TPSA) is 55.4 Å². The number of rotatable bonds is 6. The molecule has 28 heavy (non-hydrogen) atoms.